The van der Waals surface area contributed by atoms with E-state index in [-0.39, 0.29) is 17.5 Å². The van der Waals surface area contributed by atoms with Gasteiger partial charge in [-0.05, 0) is 19.3 Å². The summed E-state index contributed by atoms with van der Waals surface area (Å²) >= 11 is 1.59. The lowest BCUT2D eigenvalue weighted by Crippen LogP contribution is -2.72. The smallest absolute Gasteiger partial charge is 0.315 e. The van der Waals surface area contributed by atoms with Gasteiger partial charge < -0.3 is 20.3 Å². The van der Waals surface area contributed by atoms with Crippen LogP contribution in [0.15, 0.2) is 5.38 Å². The summed E-state index contributed by atoms with van der Waals surface area (Å²) in [6.07, 6.45) is 5.12. The molecule has 3 fully saturated rings. The fraction of sp³-hybridized carbons (Fsp3) is 0.750. The largest absolute Gasteiger partial charge is 0.377 e. The molecule has 3 unspecified atom stereocenters. The number of anilines is 1. The highest BCUT2D eigenvalue weighted by Gasteiger charge is 2.66. The second-order valence-electron chi connectivity index (χ2n) is 7.15. The number of nitrogens with zero attached hydrogens (tertiary/aromatic N) is 2. The van der Waals surface area contributed by atoms with Crippen LogP contribution in [0.3, 0.4) is 0 Å². The fourth-order valence-electron chi connectivity index (χ4n) is 4.40. The third kappa shape index (κ3) is 2.41. The number of rotatable bonds is 4. The average molecular weight is 336 g/mol. The van der Waals surface area contributed by atoms with Gasteiger partial charge in [-0.3, -0.25) is 0 Å². The highest BCUT2D eigenvalue weighted by Crippen LogP contribution is 2.62. The first kappa shape index (κ1) is 15.2. The van der Waals surface area contributed by atoms with Crippen molar-refractivity contribution in [3.63, 3.8) is 0 Å². The number of hydrogen-bond acceptors (Lipinski definition) is 5. The molecule has 0 aromatic carbocycles. The van der Waals surface area contributed by atoms with Crippen molar-refractivity contribution in [2.75, 3.05) is 25.6 Å². The Labute approximate surface area is 140 Å². The van der Waals surface area contributed by atoms with E-state index in [1.54, 1.807) is 11.3 Å². The number of hydrogen-bond donors (Lipinski definition) is 2. The summed E-state index contributed by atoms with van der Waals surface area (Å²) in [4.78, 5) is 18.7. The number of urea groups is 1. The molecule has 2 saturated carbocycles. The maximum Gasteiger partial charge on any atom is 0.315 e. The minimum Gasteiger partial charge on any atom is -0.377 e. The first-order valence-corrected chi connectivity index (χ1v) is 9.26. The van der Waals surface area contributed by atoms with E-state index < -0.39 is 0 Å². The molecule has 3 atom stereocenters. The standard InChI is InChI=1S/C16H24N4O2S/c1-20(2)15-18-10(9-23-15)8-17-14(21)19-12-11-4-7-22-13(11)16(12)5-3-6-16/h9,11-13H,3-8H2,1-2H3,(H2,17,19,21). The van der Waals surface area contributed by atoms with E-state index in [1.165, 1.54) is 19.3 Å². The van der Waals surface area contributed by atoms with Crippen LogP contribution in [0.25, 0.3) is 0 Å². The number of ether oxygens (including phenoxy) is 1. The molecule has 1 saturated heterocycles. The number of thiazole rings is 1. The Morgan fingerprint density at radius 3 is 3.00 bits per heavy atom. The maximum absolute atomic E-state index is 12.3. The molecule has 1 aliphatic heterocycles. The van der Waals surface area contributed by atoms with Crippen molar-refractivity contribution in [1.82, 2.24) is 15.6 Å². The fourth-order valence-corrected chi connectivity index (χ4v) is 5.16. The summed E-state index contributed by atoms with van der Waals surface area (Å²) < 4.78 is 5.89. The van der Waals surface area contributed by atoms with E-state index in [2.05, 4.69) is 15.6 Å². The molecule has 1 aromatic rings. The number of amides is 2. The molecule has 126 valence electrons. The van der Waals surface area contributed by atoms with E-state index >= 15 is 0 Å². The van der Waals surface area contributed by atoms with E-state index in [4.69, 9.17) is 4.74 Å². The van der Waals surface area contributed by atoms with Crippen LogP contribution in [0, 0.1) is 11.3 Å². The second-order valence-corrected chi connectivity index (χ2v) is 7.99. The molecule has 2 heterocycles. The normalized spacial score (nSPS) is 30.3. The van der Waals surface area contributed by atoms with Gasteiger partial charge >= 0.3 is 6.03 Å². The van der Waals surface area contributed by atoms with Gasteiger partial charge in [0.1, 0.15) is 0 Å². The van der Waals surface area contributed by atoms with E-state index in [0.717, 1.165) is 23.9 Å². The van der Waals surface area contributed by atoms with Gasteiger partial charge in [0, 0.05) is 43.5 Å². The summed E-state index contributed by atoms with van der Waals surface area (Å²) in [7, 11) is 3.94. The average Bonchev–Trinajstić information content (AvgIpc) is 3.09. The van der Waals surface area contributed by atoms with Gasteiger partial charge in [-0.25, -0.2) is 9.78 Å². The molecule has 2 N–H and O–H groups in total. The van der Waals surface area contributed by atoms with Crippen molar-refractivity contribution in [2.24, 2.45) is 11.3 Å². The lowest BCUT2D eigenvalue weighted by atomic mass is 9.46. The van der Waals surface area contributed by atoms with Gasteiger partial charge in [-0.2, -0.15) is 0 Å². The lowest BCUT2D eigenvalue weighted by molar-refractivity contribution is -0.172. The topological polar surface area (TPSA) is 66.5 Å². The zero-order chi connectivity index (χ0) is 16.0. The Morgan fingerprint density at radius 2 is 2.35 bits per heavy atom. The van der Waals surface area contributed by atoms with Crippen LogP contribution in [0.5, 0.6) is 0 Å². The van der Waals surface area contributed by atoms with Gasteiger partial charge in [-0.1, -0.05) is 6.42 Å². The minimum atomic E-state index is -0.0778. The van der Waals surface area contributed by atoms with Crippen LogP contribution in [-0.4, -0.2) is 43.9 Å². The van der Waals surface area contributed by atoms with Crippen LogP contribution in [-0.2, 0) is 11.3 Å². The highest BCUT2D eigenvalue weighted by molar-refractivity contribution is 7.13. The summed E-state index contributed by atoms with van der Waals surface area (Å²) in [5, 5.41) is 9.12. The molecule has 1 spiro atoms. The number of carbonyl (C=O) groups excluding carboxylic acids is 1. The van der Waals surface area contributed by atoms with Gasteiger partial charge in [0.25, 0.3) is 0 Å². The van der Waals surface area contributed by atoms with Crippen molar-refractivity contribution >= 4 is 22.5 Å². The Balaban J connectivity index is 1.31. The van der Waals surface area contributed by atoms with Crippen LogP contribution in [0.4, 0.5) is 9.93 Å². The molecule has 7 heteroatoms. The molecule has 3 aliphatic rings. The van der Waals surface area contributed by atoms with Crippen LogP contribution in [0.1, 0.15) is 31.4 Å². The zero-order valence-corrected chi connectivity index (χ0v) is 14.5. The predicted octanol–water partition coefficient (Wildman–Crippen LogP) is 1.97. The van der Waals surface area contributed by atoms with E-state index in [1.807, 2.05) is 24.4 Å². The zero-order valence-electron chi connectivity index (χ0n) is 13.7. The summed E-state index contributed by atoms with van der Waals surface area (Å²) in [6.45, 7) is 1.32. The summed E-state index contributed by atoms with van der Waals surface area (Å²) in [6, 6.07) is 0.211. The van der Waals surface area contributed by atoms with Gasteiger partial charge in [0.05, 0.1) is 18.3 Å². The molecule has 1 aromatic heterocycles. The van der Waals surface area contributed by atoms with Crippen LogP contribution in [0.2, 0.25) is 0 Å². The monoisotopic (exact) mass is 336 g/mol. The molecule has 6 nitrogen and oxygen atoms in total. The lowest BCUT2D eigenvalue weighted by Gasteiger charge is -2.63. The van der Waals surface area contributed by atoms with Crippen molar-refractivity contribution in [3.05, 3.63) is 11.1 Å². The highest BCUT2D eigenvalue weighted by atomic mass is 32.1. The van der Waals surface area contributed by atoms with Crippen molar-refractivity contribution in [2.45, 2.75) is 44.4 Å². The van der Waals surface area contributed by atoms with Crippen LogP contribution < -0.4 is 15.5 Å². The summed E-state index contributed by atoms with van der Waals surface area (Å²) in [5.74, 6) is 0.515. The molecule has 0 radical (unpaired) electrons. The van der Waals surface area contributed by atoms with Gasteiger partial charge in [-0.15, -0.1) is 11.3 Å². The first-order valence-electron chi connectivity index (χ1n) is 8.38. The molecular weight excluding hydrogens is 312 g/mol. The molecule has 4 rings (SSSR count). The quantitative estimate of drug-likeness (QED) is 0.882. The Hall–Kier alpha value is -1.34. The third-order valence-electron chi connectivity index (χ3n) is 5.67. The van der Waals surface area contributed by atoms with Crippen molar-refractivity contribution < 1.29 is 9.53 Å². The van der Waals surface area contributed by atoms with Gasteiger partial charge in [0.2, 0.25) is 0 Å². The maximum atomic E-state index is 12.3. The summed E-state index contributed by atoms with van der Waals surface area (Å²) in [5.41, 5.74) is 1.14. The van der Waals surface area contributed by atoms with Crippen LogP contribution >= 0.6 is 11.3 Å². The minimum absolute atomic E-state index is 0.0778. The number of carbonyl (C=O) groups is 1. The third-order valence-corrected chi connectivity index (χ3v) is 6.73. The van der Waals surface area contributed by atoms with E-state index in [0.29, 0.717) is 18.6 Å². The Morgan fingerprint density at radius 1 is 1.52 bits per heavy atom. The predicted molar refractivity (Wildman–Crippen MR) is 89.7 cm³/mol. The Bertz CT molecular complexity index is 599. The van der Waals surface area contributed by atoms with Crippen molar-refractivity contribution in [3.8, 4) is 0 Å². The Kier molecular flexibility index (Phi) is 3.72. The molecular formula is C16H24N4O2S. The molecule has 0 bridgehead atoms. The van der Waals surface area contributed by atoms with E-state index in [9.17, 15) is 4.79 Å². The van der Waals surface area contributed by atoms with Crippen molar-refractivity contribution in [1.29, 1.82) is 0 Å². The number of nitrogens with one attached hydrogen (secondary N) is 2. The SMILES string of the molecule is CN(C)c1nc(CNC(=O)NC2C3CCOC3C23CCC3)cs1. The first-order chi connectivity index (χ1) is 11.1. The molecule has 2 amide bonds. The second kappa shape index (κ2) is 5.63. The molecule has 23 heavy (non-hydrogen) atoms. The number of fused-ring (bicyclic) bond motifs is 2. The van der Waals surface area contributed by atoms with Gasteiger partial charge in [0.15, 0.2) is 5.13 Å². The number of aromatic nitrogens is 1. The molecule has 2 aliphatic carbocycles.